The number of aromatic nitrogens is 7. The van der Waals surface area contributed by atoms with E-state index < -0.39 is 18.2 Å². The summed E-state index contributed by atoms with van der Waals surface area (Å²) in [6, 6.07) is 6.80. The number of aryl methyl sites for hydroxylation is 2. The second kappa shape index (κ2) is 9.75. The summed E-state index contributed by atoms with van der Waals surface area (Å²) in [6.07, 6.45) is -2.39. The van der Waals surface area contributed by atoms with Gasteiger partial charge in [-0.2, -0.15) is 18.4 Å². The Balaban J connectivity index is 1.65. The number of carbonyl (C=O) groups is 1. The number of Topliss-reactive ketones (excluding diaryl/α,β-unsaturated/α-hetero) is 1. The minimum absolute atomic E-state index is 0.0234. The maximum absolute atomic E-state index is 13.1. The zero-order valence-corrected chi connectivity index (χ0v) is 18.5. The second-order valence-electron chi connectivity index (χ2n) is 7.72. The van der Waals surface area contributed by atoms with E-state index in [-0.39, 0.29) is 49.4 Å². The molecule has 0 aliphatic rings. The van der Waals surface area contributed by atoms with Gasteiger partial charge in [0, 0.05) is 60.8 Å². The number of ketones is 1. The first-order valence-corrected chi connectivity index (χ1v) is 10.8. The van der Waals surface area contributed by atoms with Crippen molar-refractivity contribution in [2.24, 2.45) is 0 Å². The zero-order valence-electron chi connectivity index (χ0n) is 17.7. The Morgan fingerprint density at radius 1 is 1.15 bits per heavy atom. The summed E-state index contributed by atoms with van der Waals surface area (Å²) in [5.74, 6) is 0.330. The molecule has 0 fully saturated rings. The van der Waals surface area contributed by atoms with Crippen molar-refractivity contribution in [3.8, 4) is 11.3 Å². The van der Waals surface area contributed by atoms with Gasteiger partial charge in [-0.1, -0.05) is 28.9 Å². The van der Waals surface area contributed by atoms with Crippen LogP contribution in [-0.4, -0.2) is 46.5 Å². The van der Waals surface area contributed by atoms with Crippen LogP contribution in [0.5, 0.6) is 0 Å². The highest BCUT2D eigenvalue weighted by Gasteiger charge is 2.26. The smallest absolute Gasteiger partial charge is 0.318 e. The molecule has 0 bridgehead atoms. The van der Waals surface area contributed by atoms with E-state index >= 15 is 0 Å². The molecule has 1 N–H and O–H groups in total. The topological polar surface area (TPSA) is 111 Å². The molecule has 13 heteroatoms. The number of hydrogen-bond acceptors (Lipinski definition) is 6. The van der Waals surface area contributed by atoms with E-state index in [1.54, 1.807) is 24.3 Å². The largest absolute Gasteiger partial charge is 0.389 e. The summed E-state index contributed by atoms with van der Waals surface area (Å²) in [5, 5.41) is 13.8. The summed E-state index contributed by atoms with van der Waals surface area (Å²) in [4.78, 5) is 30.1. The number of H-pyrrole nitrogens is 1. The fourth-order valence-corrected chi connectivity index (χ4v) is 3.64. The fraction of sp³-hybridized carbons (Fsp3) is 0.333. The van der Waals surface area contributed by atoms with Crippen LogP contribution < -0.4 is 5.56 Å². The van der Waals surface area contributed by atoms with Crippen molar-refractivity contribution in [1.82, 2.24) is 34.6 Å². The van der Waals surface area contributed by atoms with Gasteiger partial charge in [-0.05, 0) is 18.6 Å². The molecule has 3 heterocycles. The maximum atomic E-state index is 13.1. The first-order valence-electron chi connectivity index (χ1n) is 10.4. The van der Waals surface area contributed by atoms with E-state index in [9.17, 15) is 22.8 Å². The van der Waals surface area contributed by atoms with E-state index in [0.717, 1.165) is 0 Å². The normalized spacial score (nSPS) is 11.9. The van der Waals surface area contributed by atoms with Crippen LogP contribution in [0, 0.1) is 0 Å². The summed E-state index contributed by atoms with van der Waals surface area (Å²) < 4.78 is 40.8. The van der Waals surface area contributed by atoms with Crippen LogP contribution >= 0.6 is 11.6 Å². The van der Waals surface area contributed by atoms with E-state index in [4.69, 9.17) is 11.6 Å². The lowest BCUT2D eigenvalue weighted by Crippen LogP contribution is -2.24. The number of nitrogens with one attached hydrogen (secondary N) is 1. The number of rotatable bonds is 9. The quantitative estimate of drug-likeness (QED) is 0.382. The molecule has 0 saturated heterocycles. The number of nitrogens with zero attached hydrogens (tertiary/aromatic N) is 6. The lowest BCUT2D eigenvalue weighted by atomic mass is 10.1. The van der Waals surface area contributed by atoms with Gasteiger partial charge in [0.05, 0.1) is 5.69 Å². The Bertz CT molecular complexity index is 1350. The highest BCUT2D eigenvalue weighted by Crippen LogP contribution is 2.23. The van der Waals surface area contributed by atoms with Gasteiger partial charge >= 0.3 is 6.18 Å². The van der Waals surface area contributed by atoms with Gasteiger partial charge < -0.3 is 4.57 Å². The van der Waals surface area contributed by atoms with Crippen molar-refractivity contribution in [3.63, 3.8) is 0 Å². The molecule has 0 radical (unpaired) electrons. The van der Waals surface area contributed by atoms with Gasteiger partial charge in [0.25, 0.3) is 5.56 Å². The van der Waals surface area contributed by atoms with Crippen LogP contribution in [-0.2, 0) is 24.2 Å². The molecule has 3 aromatic heterocycles. The number of imidazole rings is 1. The average molecular weight is 494 g/mol. The molecular weight excluding hydrogens is 475 g/mol. The third-order valence-corrected chi connectivity index (χ3v) is 5.40. The van der Waals surface area contributed by atoms with Crippen LogP contribution in [0.15, 0.2) is 41.5 Å². The molecule has 4 aromatic rings. The van der Waals surface area contributed by atoms with Crippen LogP contribution in [0.4, 0.5) is 13.2 Å². The minimum Gasteiger partial charge on any atom is -0.318 e. The molecule has 34 heavy (non-hydrogen) atoms. The van der Waals surface area contributed by atoms with Crippen LogP contribution in [0.3, 0.4) is 0 Å². The number of fused-ring (bicyclic) bond motifs is 1. The van der Waals surface area contributed by atoms with Crippen molar-refractivity contribution in [2.45, 2.75) is 44.8 Å². The molecule has 0 aliphatic carbocycles. The SMILES string of the molecule is O=C(CCc1nn[nH]n1)Cc1cn(CCCC(F)(F)F)c2nc(-c3ccc(Cl)cc3)cn2c1=O. The Hall–Kier alpha value is -3.54. The summed E-state index contributed by atoms with van der Waals surface area (Å²) in [7, 11) is 0. The van der Waals surface area contributed by atoms with Crippen LogP contribution in [0.2, 0.25) is 5.02 Å². The monoisotopic (exact) mass is 493 g/mol. The molecule has 9 nitrogen and oxygen atoms in total. The lowest BCUT2D eigenvalue weighted by Gasteiger charge is -2.12. The van der Waals surface area contributed by atoms with E-state index in [1.165, 1.54) is 21.4 Å². The Morgan fingerprint density at radius 3 is 2.59 bits per heavy atom. The van der Waals surface area contributed by atoms with Gasteiger partial charge in [0.2, 0.25) is 5.78 Å². The first kappa shape index (κ1) is 23.6. The van der Waals surface area contributed by atoms with Gasteiger partial charge in [0.1, 0.15) is 5.78 Å². The number of halogens is 4. The Labute approximate surface area is 195 Å². The third-order valence-electron chi connectivity index (χ3n) is 5.15. The van der Waals surface area contributed by atoms with Crippen molar-refractivity contribution in [2.75, 3.05) is 0 Å². The van der Waals surface area contributed by atoms with Crippen molar-refractivity contribution < 1.29 is 18.0 Å². The predicted molar refractivity (Wildman–Crippen MR) is 116 cm³/mol. The highest BCUT2D eigenvalue weighted by molar-refractivity contribution is 6.30. The Morgan fingerprint density at radius 2 is 1.91 bits per heavy atom. The molecule has 0 aliphatic heterocycles. The predicted octanol–water partition coefficient (Wildman–Crippen LogP) is 3.42. The zero-order chi connectivity index (χ0) is 24.3. The molecule has 0 unspecified atom stereocenters. The van der Waals surface area contributed by atoms with Gasteiger partial charge in [-0.15, -0.1) is 10.2 Å². The van der Waals surface area contributed by atoms with Crippen molar-refractivity contribution >= 4 is 23.2 Å². The molecule has 1 aromatic carbocycles. The second-order valence-corrected chi connectivity index (χ2v) is 8.15. The molecule has 4 rings (SSSR count). The van der Waals surface area contributed by atoms with E-state index in [1.807, 2.05) is 0 Å². The molecule has 0 atom stereocenters. The maximum Gasteiger partial charge on any atom is 0.389 e. The number of benzene rings is 1. The number of aromatic amines is 1. The van der Waals surface area contributed by atoms with Crippen LogP contribution in [0.25, 0.3) is 17.0 Å². The fourth-order valence-electron chi connectivity index (χ4n) is 3.51. The number of hydrogen-bond donors (Lipinski definition) is 1. The molecule has 0 amide bonds. The molecular formula is C21H19ClF3N7O2. The van der Waals surface area contributed by atoms with Crippen molar-refractivity contribution in [1.29, 1.82) is 0 Å². The number of tetrazole rings is 1. The molecule has 178 valence electrons. The lowest BCUT2D eigenvalue weighted by molar-refractivity contribution is -0.135. The van der Waals surface area contributed by atoms with Crippen LogP contribution in [0.1, 0.15) is 30.7 Å². The summed E-state index contributed by atoms with van der Waals surface area (Å²) >= 11 is 5.93. The molecule has 0 spiro atoms. The average Bonchev–Trinajstić information content (AvgIpc) is 3.45. The summed E-state index contributed by atoms with van der Waals surface area (Å²) in [5.41, 5.74) is 0.853. The first-order chi connectivity index (χ1) is 16.2. The van der Waals surface area contributed by atoms with Gasteiger partial charge in [-0.3, -0.25) is 14.0 Å². The third kappa shape index (κ3) is 5.68. The minimum atomic E-state index is -4.30. The highest BCUT2D eigenvalue weighted by atomic mass is 35.5. The number of carbonyl (C=O) groups excluding carboxylic acids is 1. The Kier molecular flexibility index (Phi) is 6.77. The van der Waals surface area contributed by atoms with Crippen molar-refractivity contribution in [3.05, 3.63) is 63.4 Å². The number of alkyl halides is 3. The van der Waals surface area contributed by atoms with E-state index in [0.29, 0.717) is 22.1 Å². The van der Waals surface area contributed by atoms with Gasteiger partial charge in [0.15, 0.2) is 5.82 Å². The van der Waals surface area contributed by atoms with E-state index in [2.05, 4.69) is 25.6 Å². The summed E-state index contributed by atoms with van der Waals surface area (Å²) in [6.45, 7) is -0.0234. The standard InChI is InChI=1S/C21H19ClF3N7O2/c22-15-4-2-13(3-5-15)17-12-32-19(34)14(10-16(33)6-7-18-27-29-30-28-18)11-31(20(32)26-17)9-1-8-21(23,24)25/h2-5,11-12H,1,6-10H2,(H,27,28,29,30). The van der Waals surface area contributed by atoms with Gasteiger partial charge in [-0.25, -0.2) is 4.98 Å². The molecule has 0 saturated carbocycles.